The third-order valence-electron chi connectivity index (χ3n) is 3.89. The molecular formula is C11H22P2. The monoisotopic (exact) mass is 216 g/mol. The molecule has 2 aliphatic rings. The van der Waals surface area contributed by atoms with Gasteiger partial charge in [-0.05, 0) is 69.1 Å². The van der Waals surface area contributed by atoms with Crippen molar-refractivity contribution in [2.24, 2.45) is 0 Å². The largest absolute Gasteiger partial charge is 0.107 e. The van der Waals surface area contributed by atoms with Crippen LogP contribution in [0.2, 0.25) is 0 Å². The highest BCUT2D eigenvalue weighted by Gasteiger charge is 2.30. The summed E-state index contributed by atoms with van der Waals surface area (Å²) in [7, 11) is 0.893. The van der Waals surface area contributed by atoms with Crippen LogP contribution in [0.15, 0.2) is 0 Å². The molecule has 0 aromatic carbocycles. The third kappa shape index (κ3) is 2.45. The van der Waals surface area contributed by atoms with Crippen LogP contribution in [0, 0.1) is 0 Å². The highest BCUT2D eigenvalue weighted by Crippen LogP contribution is 2.55. The molecule has 2 rings (SSSR count). The molecule has 0 spiro atoms. The average Bonchev–Trinajstić information content (AvgIpc) is 2.65. The zero-order valence-electron chi connectivity index (χ0n) is 9.00. The van der Waals surface area contributed by atoms with Crippen molar-refractivity contribution in [3.63, 3.8) is 0 Å². The van der Waals surface area contributed by atoms with Crippen molar-refractivity contribution in [1.29, 1.82) is 0 Å². The molecular weight excluding hydrogens is 194 g/mol. The molecule has 0 unspecified atom stereocenters. The van der Waals surface area contributed by atoms with Gasteiger partial charge in [-0.15, -0.1) is 15.8 Å². The minimum atomic E-state index is 0.447. The van der Waals surface area contributed by atoms with Crippen LogP contribution in [0.3, 0.4) is 0 Å². The maximum Gasteiger partial charge on any atom is -0.0206 e. The first-order chi connectivity index (χ1) is 6.27. The molecule has 2 aliphatic heterocycles. The van der Waals surface area contributed by atoms with Gasteiger partial charge in [-0.3, -0.25) is 0 Å². The highest BCUT2D eigenvalue weighted by molar-refractivity contribution is 7.59. The first kappa shape index (κ1) is 10.4. The fourth-order valence-electron chi connectivity index (χ4n) is 2.87. The molecule has 4 atom stereocenters. The van der Waals surface area contributed by atoms with E-state index in [-0.39, 0.29) is 0 Å². The molecule has 2 saturated heterocycles. The summed E-state index contributed by atoms with van der Waals surface area (Å²) in [5, 5.41) is 0. The van der Waals surface area contributed by atoms with Gasteiger partial charge in [-0.25, -0.2) is 0 Å². The first-order valence-corrected chi connectivity index (χ1v) is 9.76. The Hall–Kier alpha value is 0.860. The lowest BCUT2D eigenvalue weighted by Crippen LogP contribution is -2.09. The molecule has 0 nitrogen and oxygen atoms in total. The second-order valence-corrected chi connectivity index (χ2v) is 10.2. The summed E-state index contributed by atoms with van der Waals surface area (Å²) in [5.74, 6) is 0. The molecule has 76 valence electrons. The Morgan fingerprint density at radius 2 is 1.38 bits per heavy atom. The zero-order valence-corrected chi connectivity index (χ0v) is 10.8. The summed E-state index contributed by atoms with van der Waals surface area (Å²) < 4.78 is 0. The van der Waals surface area contributed by atoms with Gasteiger partial charge >= 0.3 is 0 Å². The van der Waals surface area contributed by atoms with Crippen molar-refractivity contribution in [2.75, 3.05) is 25.7 Å². The molecule has 0 saturated carbocycles. The molecule has 13 heavy (non-hydrogen) atoms. The quantitative estimate of drug-likeness (QED) is 0.613. The van der Waals surface area contributed by atoms with E-state index in [0.717, 1.165) is 0 Å². The zero-order chi connectivity index (χ0) is 9.26. The van der Waals surface area contributed by atoms with E-state index in [1.54, 1.807) is 44.4 Å². The van der Waals surface area contributed by atoms with E-state index < -0.39 is 0 Å². The Morgan fingerprint density at radius 3 is 1.69 bits per heavy atom. The van der Waals surface area contributed by atoms with Gasteiger partial charge in [-0.1, -0.05) is 0 Å². The van der Waals surface area contributed by atoms with Crippen molar-refractivity contribution in [2.45, 2.75) is 43.4 Å². The standard InChI is InChI=1S/C11H22P2/c1-12-7-3-5-10(12)9-11-6-4-8-13(11)2/h10-11H,3-9H2,1-2H3/t10-,11-,12-,13-/m1/s1. The molecule has 0 aliphatic carbocycles. The van der Waals surface area contributed by atoms with Crippen LogP contribution in [-0.4, -0.2) is 37.0 Å². The summed E-state index contributed by atoms with van der Waals surface area (Å²) in [4.78, 5) is 0. The lowest BCUT2D eigenvalue weighted by molar-refractivity contribution is 0.658. The van der Waals surface area contributed by atoms with Gasteiger partial charge in [0.15, 0.2) is 0 Å². The normalized spacial score (nSPS) is 45.7. The fraction of sp³-hybridized carbons (Fsp3) is 1.00. The van der Waals surface area contributed by atoms with Gasteiger partial charge in [0.1, 0.15) is 0 Å². The molecule has 0 bridgehead atoms. The molecule has 0 radical (unpaired) electrons. The summed E-state index contributed by atoms with van der Waals surface area (Å²) in [6, 6.07) is 0. The minimum absolute atomic E-state index is 0.447. The third-order valence-corrected chi connectivity index (χ3v) is 9.36. The first-order valence-electron chi connectivity index (χ1n) is 5.68. The van der Waals surface area contributed by atoms with E-state index >= 15 is 0 Å². The fourth-order valence-corrected chi connectivity index (χ4v) is 7.60. The number of rotatable bonds is 2. The van der Waals surface area contributed by atoms with Crippen LogP contribution in [0.5, 0.6) is 0 Å². The summed E-state index contributed by atoms with van der Waals surface area (Å²) >= 11 is 0. The average molecular weight is 216 g/mol. The van der Waals surface area contributed by atoms with E-state index in [1.165, 1.54) is 11.3 Å². The number of hydrogen-bond acceptors (Lipinski definition) is 0. The van der Waals surface area contributed by atoms with Crippen molar-refractivity contribution < 1.29 is 0 Å². The maximum absolute atomic E-state index is 2.54. The Morgan fingerprint density at radius 1 is 0.923 bits per heavy atom. The van der Waals surface area contributed by atoms with E-state index in [0.29, 0.717) is 15.8 Å². The van der Waals surface area contributed by atoms with Gasteiger partial charge < -0.3 is 0 Å². The Balaban J connectivity index is 1.82. The minimum Gasteiger partial charge on any atom is -0.107 e. The summed E-state index contributed by atoms with van der Waals surface area (Å²) in [6.45, 7) is 5.08. The summed E-state index contributed by atoms with van der Waals surface area (Å²) in [5.41, 5.74) is 2.34. The molecule has 0 aromatic heterocycles. The molecule has 0 N–H and O–H groups in total. The topological polar surface area (TPSA) is 0 Å². The van der Waals surface area contributed by atoms with Gasteiger partial charge in [0.2, 0.25) is 0 Å². The Labute approximate surface area is 85.4 Å². The van der Waals surface area contributed by atoms with Crippen LogP contribution in [0.25, 0.3) is 0 Å². The van der Waals surface area contributed by atoms with Crippen LogP contribution < -0.4 is 0 Å². The maximum atomic E-state index is 2.54. The van der Waals surface area contributed by atoms with E-state index in [4.69, 9.17) is 0 Å². The second-order valence-electron chi connectivity index (χ2n) is 4.79. The number of hydrogen-bond donors (Lipinski definition) is 0. The van der Waals surface area contributed by atoms with Crippen molar-refractivity contribution >= 4 is 15.8 Å². The lowest BCUT2D eigenvalue weighted by Gasteiger charge is -2.23. The van der Waals surface area contributed by atoms with Gasteiger partial charge in [0, 0.05) is 0 Å². The van der Waals surface area contributed by atoms with Crippen molar-refractivity contribution in [1.82, 2.24) is 0 Å². The lowest BCUT2D eigenvalue weighted by atomic mass is 10.1. The van der Waals surface area contributed by atoms with Crippen LogP contribution in [0.4, 0.5) is 0 Å². The van der Waals surface area contributed by atoms with Crippen LogP contribution in [-0.2, 0) is 0 Å². The molecule has 2 heterocycles. The predicted molar refractivity (Wildman–Crippen MR) is 66.1 cm³/mol. The van der Waals surface area contributed by atoms with Crippen molar-refractivity contribution in [3.8, 4) is 0 Å². The van der Waals surface area contributed by atoms with Gasteiger partial charge in [0.25, 0.3) is 0 Å². The van der Waals surface area contributed by atoms with Gasteiger partial charge in [-0.2, -0.15) is 0 Å². The van der Waals surface area contributed by atoms with E-state index in [9.17, 15) is 0 Å². The predicted octanol–water partition coefficient (Wildman–Crippen LogP) is 3.92. The second kappa shape index (κ2) is 4.59. The Kier molecular flexibility index (Phi) is 3.66. The van der Waals surface area contributed by atoms with E-state index in [1.807, 2.05) is 0 Å². The molecule has 2 heteroatoms. The van der Waals surface area contributed by atoms with Crippen LogP contribution in [0.1, 0.15) is 32.1 Å². The van der Waals surface area contributed by atoms with E-state index in [2.05, 4.69) is 13.3 Å². The van der Waals surface area contributed by atoms with Crippen molar-refractivity contribution in [3.05, 3.63) is 0 Å². The molecule has 2 fully saturated rings. The Bertz CT molecular complexity index is 151. The van der Waals surface area contributed by atoms with Crippen LogP contribution >= 0.6 is 15.8 Å². The molecule has 0 aromatic rings. The SMILES string of the molecule is C[P@]1CCC[C@@H]1C[C@H]1CCC[P@@]1C. The highest BCUT2D eigenvalue weighted by atomic mass is 31.1. The van der Waals surface area contributed by atoms with Gasteiger partial charge in [0.05, 0.1) is 0 Å². The smallest absolute Gasteiger partial charge is 0.0206 e. The summed E-state index contributed by atoms with van der Waals surface area (Å²) in [6.07, 6.45) is 11.0. The molecule has 0 amide bonds.